The molecule has 0 aromatic carbocycles. The van der Waals surface area contributed by atoms with Gasteiger partial charge >= 0.3 is 0 Å². The van der Waals surface area contributed by atoms with Crippen LogP contribution in [0.2, 0.25) is 0 Å². The summed E-state index contributed by atoms with van der Waals surface area (Å²) in [4.78, 5) is 0. The summed E-state index contributed by atoms with van der Waals surface area (Å²) in [6, 6.07) is 1.86. The first kappa shape index (κ1) is 11.4. The zero-order valence-corrected chi connectivity index (χ0v) is 9.74. The normalized spacial score (nSPS) is 42.0. The average molecular weight is 212 g/mol. The van der Waals surface area contributed by atoms with Gasteiger partial charge in [0.05, 0.1) is 6.10 Å². The van der Waals surface area contributed by atoms with Gasteiger partial charge in [-0.3, -0.25) is 0 Å². The zero-order chi connectivity index (χ0) is 10.7. The van der Waals surface area contributed by atoms with Gasteiger partial charge in [-0.05, 0) is 44.9 Å². The van der Waals surface area contributed by atoms with Crippen molar-refractivity contribution < 1.29 is 4.74 Å². The second kappa shape index (κ2) is 5.28. The van der Waals surface area contributed by atoms with E-state index < -0.39 is 0 Å². The number of ether oxygens (including phenoxy) is 1. The van der Waals surface area contributed by atoms with Gasteiger partial charge in [0.25, 0.3) is 0 Å². The molecule has 15 heavy (non-hydrogen) atoms. The third-order valence-electron chi connectivity index (χ3n) is 3.96. The number of hydrogen-bond acceptors (Lipinski definition) is 3. The van der Waals surface area contributed by atoms with E-state index in [0.717, 1.165) is 0 Å². The first-order chi connectivity index (χ1) is 7.28. The van der Waals surface area contributed by atoms with Crippen molar-refractivity contribution in [3.8, 4) is 0 Å². The number of nitrogens with two attached hydrogens (primary N) is 1. The molecule has 0 saturated heterocycles. The lowest BCUT2D eigenvalue weighted by molar-refractivity contribution is 0.106. The second-order valence-corrected chi connectivity index (χ2v) is 5.15. The van der Waals surface area contributed by atoms with Gasteiger partial charge in [-0.15, -0.1) is 0 Å². The van der Waals surface area contributed by atoms with Crippen LogP contribution < -0.4 is 11.1 Å². The van der Waals surface area contributed by atoms with Gasteiger partial charge in [-0.2, -0.15) is 0 Å². The minimum absolute atomic E-state index is 0.457. The van der Waals surface area contributed by atoms with Crippen LogP contribution in [0.5, 0.6) is 0 Å². The largest absolute Gasteiger partial charge is 0.381 e. The van der Waals surface area contributed by atoms with Crippen LogP contribution in [0.15, 0.2) is 0 Å². The Labute approximate surface area is 92.7 Å². The minimum Gasteiger partial charge on any atom is -0.381 e. The zero-order valence-electron chi connectivity index (χ0n) is 9.74. The Balaban J connectivity index is 1.69. The van der Waals surface area contributed by atoms with Crippen molar-refractivity contribution in [3.63, 3.8) is 0 Å². The molecule has 2 aliphatic rings. The molecule has 0 heterocycles. The highest BCUT2D eigenvalue weighted by molar-refractivity contribution is 4.86. The van der Waals surface area contributed by atoms with E-state index in [4.69, 9.17) is 10.5 Å². The van der Waals surface area contributed by atoms with Crippen molar-refractivity contribution in [3.05, 3.63) is 0 Å². The van der Waals surface area contributed by atoms with E-state index in [1.165, 1.54) is 44.9 Å². The fraction of sp³-hybridized carbons (Fsp3) is 1.00. The van der Waals surface area contributed by atoms with Gasteiger partial charge in [-0.25, -0.2) is 0 Å². The molecule has 0 spiro atoms. The number of nitrogens with one attached hydrogen (secondary N) is 1. The lowest BCUT2D eigenvalue weighted by atomic mass is 9.91. The Morgan fingerprint density at radius 3 is 2.27 bits per heavy atom. The van der Waals surface area contributed by atoms with Crippen LogP contribution >= 0.6 is 0 Å². The van der Waals surface area contributed by atoms with Crippen LogP contribution in [0, 0.1) is 0 Å². The maximum absolute atomic E-state index is 5.90. The van der Waals surface area contributed by atoms with E-state index in [1.54, 1.807) is 0 Å². The Morgan fingerprint density at radius 2 is 1.67 bits per heavy atom. The average Bonchev–Trinajstić information content (AvgIpc) is 2.69. The molecule has 2 unspecified atom stereocenters. The number of rotatable bonds is 3. The summed E-state index contributed by atoms with van der Waals surface area (Å²) in [7, 11) is 1.83. The molecule has 2 fully saturated rings. The summed E-state index contributed by atoms with van der Waals surface area (Å²) < 4.78 is 5.39. The van der Waals surface area contributed by atoms with Crippen molar-refractivity contribution in [1.29, 1.82) is 0 Å². The topological polar surface area (TPSA) is 47.3 Å². The van der Waals surface area contributed by atoms with E-state index in [0.29, 0.717) is 24.2 Å². The lowest BCUT2D eigenvalue weighted by Crippen LogP contribution is -2.41. The monoisotopic (exact) mass is 212 g/mol. The van der Waals surface area contributed by atoms with Crippen LogP contribution in [0.4, 0.5) is 0 Å². The van der Waals surface area contributed by atoms with E-state index in [1.807, 2.05) is 7.11 Å². The fourth-order valence-electron chi connectivity index (χ4n) is 2.92. The van der Waals surface area contributed by atoms with Crippen LogP contribution in [0.3, 0.4) is 0 Å². The third-order valence-corrected chi connectivity index (χ3v) is 3.96. The van der Waals surface area contributed by atoms with Gasteiger partial charge in [0, 0.05) is 25.2 Å². The van der Waals surface area contributed by atoms with Crippen LogP contribution in [0.25, 0.3) is 0 Å². The SMILES string of the molecule is COC1CCC(NC2CCC(N)CC2)C1. The van der Waals surface area contributed by atoms with E-state index in [-0.39, 0.29) is 0 Å². The Hall–Kier alpha value is -0.120. The van der Waals surface area contributed by atoms with Gasteiger partial charge in [0.2, 0.25) is 0 Å². The smallest absolute Gasteiger partial charge is 0.0586 e. The molecule has 3 heteroatoms. The molecule has 0 radical (unpaired) electrons. The summed E-state index contributed by atoms with van der Waals surface area (Å²) in [5.41, 5.74) is 5.90. The number of methoxy groups -OCH3 is 1. The summed E-state index contributed by atoms with van der Waals surface area (Å²) in [6.07, 6.45) is 9.09. The Kier molecular flexibility index (Phi) is 4.00. The molecule has 0 amide bonds. The summed E-state index contributed by atoms with van der Waals surface area (Å²) in [5, 5.41) is 3.77. The van der Waals surface area contributed by atoms with Crippen LogP contribution in [-0.2, 0) is 4.74 Å². The highest BCUT2D eigenvalue weighted by Gasteiger charge is 2.27. The Morgan fingerprint density at radius 1 is 1.00 bits per heavy atom. The molecule has 2 atom stereocenters. The van der Waals surface area contributed by atoms with E-state index in [9.17, 15) is 0 Å². The number of hydrogen-bond donors (Lipinski definition) is 2. The molecular weight excluding hydrogens is 188 g/mol. The molecule has 0 aromatic rings. The van der Waals surface area contributed by atoms with Crippen molar-refractivity contribution in [2.24, 2.45) is 5.73 Å². The predicted molar refractivity (Wildman–Crippen MR) is 61.8 cm³/mol. The highest BCUT2D eigenvalue weighted by Crippen LogP contribution is 2.24. The maximum atomic E-state index is 5.90. The molecule has 0 bridgehead atoms. The summed E-state index contributed by atoms with van der Waals surface area (Å²) in [5.74, 6) is 0. The van der Waals surface area contributed by atoms with Crippen LogP contribution in [0.1, 0.15) is 44.9 Å². The van der Waals surface area contributed by atoms with Crippen molar-refractivity contribution in [1.82, 2.24) is 5.32 Å². The third kappa shape index (κ3) is 3.16. The molecule has 3 nitrogen and oxygen atoms in total. The first-order valence-electron chi connectivity index (χ1n) is 6.32. The summed E-state index contributed by atoms with van der Waals surface area (Å²) in [6.45, 7) is 0. The van der Waals surface area contributed by atoms with Crippen molar-refractivity contribution >= 4 is 0 Å². The second-order valence-electron chi connectivity index (χ2n) is 5.15. The quantitative estimate of drug-likeness (QED) is 0.743. The lowest BCUT2D eigenvalue weighted by Gasteiger charge is -2.29. The molecule has 0 aromatic heterocycles. The van der Waals surface area contributed by atoms with E-state index in [2.05, 4.69) is 5.32 Å². The fourth-order valence-corrected chi connectivity index (χ4v) is 2.92. The van der Waals surface area contributed by atoms with Crippen molar-refractivity contribution in [2.75, 3.05) is 7.11 Å². The molecule has 2 saturated carbocycles. The van der Waals surface area contributed by atoms with Crippen LogP contribution in [-0.4, -0.2) is 31.3 Å². The van der Waals surface area contributed by atoms with Gasteiger partial charge in [0.15, 0.2) is 0 Å². The van der Waals surface area contributed by atoms with Crippen molar-refractivity contribution in [2.45, 2.75) is 69.2 Å². The molecule has 2 aliphatic carbocycles. The van der Waals surface area contributed by atoms with Gasteiger partial charge < -0.3 is 15.8 Å². The molecule has 88 valence electrons. The molecule has 0 aliphatic heterocycles. The first-order valence-corrected chi connectivity index (χ1v) is 6.32. The highest BCUT2D eigenvalue weighted by atomic mass is 16.5. The molecular formula is C12H24N2O. The summed E-state index contributed by atoms with van der Waals surface area (Å²) >= 11 is 0. The Bertz CT molecular complexity index is 190. The molecule has 3 N–H and O–H groups in total. The minimum atomic E-state index is 0.457. The van der Waals surface area contributed by atoms with Gasteiger partial charge in [-0.1, -0.05) is 0 Å². The maximum Gasteiger partial charge on any atom is 0.0586 e. The predicted octanol–water partition coefficient (Wildman–Crippen LogP) is 1.41. The molecule has 2 rings (SSSR count). The van der Waals surface area contributed by atoms with Gasteiger partial charge in [0.1, 0.15) is 0 Å². The van der Waals surface area contributed by atoms with E-state index >= 15 is 0 Å². The standard InChI is InChI=1S/C12H24N2O/c1-15-12-7-6-11(8-12)14-10-4-2-9(13)3-5-10/h9-12,14H,2-8,13H2,1H3.